The molecule has 0 saturated carbocycles. The lowest BCUT2D eigenvalue weighted by Gasteiger charge is -2.07. The molecule has 0 aromatic carbocycles. The summed E-state index contributed by atoms with van der Waals surface area (Å²) in [5.74, 6) is 0. The van der Waals surface area contributed by atoms with Gasteiger partial charge in [-0.2, -0.15) is 5.10 Å². The average Bonchev–Trinajstić information content (AvgIpc) is 2.66. The Bertz CT molecular complexity index is 639. The number of aryl methyl sites for hydroxylation is 3. The van der Waals surface area contributed by atoms with Gasteiger partial charge >= 0.3 is 0 Å². The van der Waals surface area contributed by atoms with Crippen molar-refractivity contribution < 1.29 is 0 Å². The Morgan fingerprint density at radius 2 is 2.11 bits per heavy atom. The first-order valence-electron chi connectivity index (χ1n) is 6.47. The summed E-state index contributed by atoms with van der Waals surface area (Å²) in [6.07, 6.45) is 1.75. The number of nitrogens with zero attached hydrogens (tertiary/aromatic N) is 3. The predicted molar refractivity (Wildman–Crippen MR) is 76.4 cm³/mol. The van der Waals surface area contributed by atoms with Crippen LogP contribution in [0.2, 0.25) is 0 Å². The Balaban J connectivity index is 2.22. The second-order valence-electron chi connectivity index (χ2n) is 4.66. The molecule has 19 heavy (non-hydrogen) atoms. The van der Waals surface area contributed by atoms with Crippen LogP contribution >= 0.6 is 0 Å². The molecule has 5 heteroatoms. The summed E-state index contributed by atoms with van der Waals surface area (Å²) in [5.41, 5.74) is 3.93. The van der Waals surface area contributed by atoms with Gasteiger partial charge in [-0.1, -0.05) is 0 Å². The molecule has 0 amide bonds. The van der Waals surface area contributed by atoms with Crippen LogP contribution in [0.3, 0.4) is 0 Å². The van der Waals surface area contributed by atoms with E-state index in [-0.39, 0.29) is 5.56 Å². The number of hydrogen-bond donors (Lipinski definition) is 1. The van der Waals surface area contributed by atoms with Gasteiger partial charge in [0.05, 0.1) is 5.69 Å². The number of rotatable bonds is 4. The minimum Gasteiger partial charge on any atom is -0.376 e. The SMILES string of the molecule is CCn1nc(C)c(CNc2cccn(C)c2=O)c1C. The smallest absolute Gasteiger partial charge is 0.273 e. The predicted octanol–water partition coefficient (Wildman–Crippen LogP) is 1.83. The maximum absolute atomic E-state index is 11.9. The topological polar surface area (TPSA) is 51.9 Å². The molecular formula is C14H20N4O. The maximum Gasteiger partial charge on any atom is 0.273 e. The molecule has 0 saturated heterocycles. The molecule has 0 fully saturated rings. The molecule has 0 radical (unpaired) electrons. The molecule has 0 bridgehead atoms. The van der Waals surface area contributed by atoms with Crippen LogP contribution in [0.5, 0.6) is 0 Å². The van der Waals surface area contributed by atoms with E-state index in [1.54, 1.807) is 23.9 Å². The fraction of sp³-hybridized carbons (Fsp3) is 0.429. The molecule has 0 unspecified atom stereocenters. The molecule has 102 valence electrons. The van der Waals surface area contributed by atoms with Gasteiger partial charge in [0.1, 0.15) is 5.69 Å². The molecular weight excluding hydrogens is 240 g/mol. The average molecular weight is 260 g/mol. The number of anilines is 1. The van der Waals surface area contributed by atoms with E-state index in [4.69, 9.17) is 0 Å². The number of nitrogens with one attached hydrogen (secondary N) is 1. The van der Waals surface area contributed by atoms with Crippen LogP contribution in [0.4, 0.5) is 5.69 Å². The van der Waals surface area contributed by atoms with Gasteiger partial charge in [0.15, 0.2) is 0 Å². The summed E-state index contributed by atoms with van der Waals surface area (Å²) >= 11 is 0. The lowest BCUT2D eigenvalue weighted by Crippen LogP contribution is -2.20. The van der Waals surface area contributed by atoms with E-state index in [2.05, 4.69) is 24.3 Å². The minimum absolute atomic E-state index is 0.0133. The summed E-state index contributed by atoms with van der Waals surface area (Å²) in [7, 11) is 1.75. The van der Waals surface area contributed by atoms with Crippen LogP contribution < -0.4 is 10.9 Å². The molecule has 0 atom stereocenters. The highest BCUT2D eigenvalue weighted by Crippen LogP contribution is 2.14. The van der Waals surface area contributed by atoms with Gasteiger partial charge in [-0.3, -0.25) is 9.48 Å². The maximum atomic E-state index is 11.9. The quantitative estimate of drug-likeness (QED) is 0.912. The summed E-state index contributed by atoms with van der Waals surface area (Å²) in [6.45, 7) is 7.61. The normalized spacial score (nSPS) is 10.7. The molecule has 2 aromatic rings. The number of pyridine rings is 1. The van der Waals surface area contributed by atoms with E-state index < -0.39 is 0 Å². The third kappa shape index (κ3) is 2.54. The molecule has 0 aliphatic rings. The highest BCUT2D eigenvalue weighted by atomic mass is 16.1. The van der Waals surface area contributed by atoms with E-state index in [1.807, 2.05) is 17.7 Å². The van der Waals surface area contributed by atoms with Crippen molar-refractivity contribution >= 4 is 5.69 Å². The van der Waals surface area contributed by atoms with E-state index in [0.29, 0.717) is 12.2 Å². The fourth-order valence-electron chi connectivity index (χ4n) is 2.21. The fourth-order valence-corrected chi connectivity index (χ4v) is 2.21. The van der Waals surface area contributed by atoms with Crippen molar-refractivity contribution in [1.29, 1.82) is 0 Å². The van der Waals surface area contributed by atoms with Crippen molar-refractivity contribution in [2.75, 3.05) is 5.32 Å². The van der Waals surface area contributed by atoms with Gasteiger partial charge < -0.3 is 9.88 Å². The second-order valence-corrected chi connectivity index (χ2v) is 4.66. The van der Waals surface area contributed by atoms with E-state index in [1.165, 1.54) is 0 Å². The minimum atomic E-state index is -0.0133. The molecule has 2 aromatic heterocycles. The van der Waals surface area contributed by atoms with Crippen LogP contribution in [0.25, 0.3) is 0 Å². The first kappa shape index (κ1) is 13.4. The van der Waals surface area contributed by atoms with Gasteiger partial charge in [-0.05, 0) is 32.9 Å². The molecule has 1 N–H and O–H groups in total. The first-order valence-corrected chi connectivity index (χ1v) is 6.47. The van der Waals surface area contributed by atoms with Gasteiger partial charge in [-0.25, -0.2) is 0 Å². The van der Waals surface area contributed by atoms with Crippen molar-refractivity contribution in [3.05, 3.63) is 45.6 Å². The first-order chi connectivity index (χ1) is 9.04. The summed E-state index contributed by atoms with van der Waals surface area (Å²) < 4.78 is 3.55. The summed E-state index contributed by atoms with van der Waals surface area (Å²) in [4.78, 5) is 11.9. The van der Waals surface area contributed by atoms with Crippen molar-refractivity contribution in [2.45, 2.75) is 33.9 Å². The van der Waals surface area contributed by atoms with Crippen molar-refractivity contribution in [3.8, 4) is 0 Å². The molecule has 2 rings (SSSR count). The monoisotopic (exact) mass is 260 g/mol. The third-order valence-electron chi connectivity index (χ3n) is 3.41. The van der Waals surface area contributed by atoms with Crippen LogP contribution in [-0.4, -0.2) is 14.3 Å². The Kier molecular flexibility index (Phi) is 3.74. The Morgan fingerprint density at radius 3 is 2.74 bits per heavy atom. The van der Waals surface area contributed by atoms with E-state index >= 15 is 0 Å². The van der Waals surface area contributed by atoms with Crippen molar-refractivity contribution in [1.82, 2.24) is 14.3 Å². The van der Waals surface area contributed by atoms with Crippen LogP contribution in [-0.2, 0) is 20.1 Å². The molecule has 0 aliphatic heterocycles. The third-order valence-corrected chi connectivity index (χ3v) is 3.41. The van der Waals surface area contributed by atoms with Crippen LogP contribution in [0, 0.1) is 13.8 Å². The zero-order valence-electron chi connectivity index (χ0n) is 11.9. The lowest BCUT2D eigenvalue weighted by atomic mass is 10.2. The zero-order chi connectivity index (χ0) is 14.0. The van der Waals surface area contributed by atoms with Gasteiger partial charge in [-0.15, -0.1) is 0 Å². The Morgan fingerprint density at radius 1 is 1.37 bits per heavy atom. The van der Waals surface area contributed by atoms with Gasteiger partial charge in [0.2, 0.25) is 0 Å². The molecule has 0 aliphatic carbocycles. The van der Waals surface area contributed by atoms with Gasteiger partial charge in [0, 0.05) is 37.6 Å². The van der Waals surface area contributed by atoms with Gasteiger partial charge in [0.25, 0.3) is 5.56 Å². The second kappa shape index (κ2) is 5.30. The summed E-state index contributed by atoms with van der Waals surface area (Å²) in [6, 6.07) is 3.66. The number of hydrogen-bond acceptors (Lipinski definition) is 3. The van der Waals surface area contributed by atoms with Crippen molar-refractivity contribution in [3.63, 3.8) is 0 Å². The molecule has 2 heterocycles. The number of aromatic nitrogens is 3. The van der Waals surface area contributed by atoms with Crippen LogP contribution in [0.15, 0.2) is 23.1 Å². The van der Waals surface area contributed by atoms with Crippen LogP contribution in [0.1, 0.15) is 23.9 Å². The molecule has 0 spiro atoms. The van der Waals surface area contributed by atoms with E-state index in [9.17, 15) is 4.79 Å². The summed E-state index contributed by atoms with van der Waals surface area (Å²) in [5, 5.41) is 7.68. The largest absolute Gasteiger partial charge is 0.376 e. The van der Waals surface area contributed by atoms with Crippen molar-refractivity contribution in [2.24, 2.45) is 7.05 Å². The Labute approximate surface area is 112 Å². The zero-order valence-corrected chi connectivity index (χ0v) is 11.9. The highest BCUT2D eigenvalue weighted by molar-refractivity contribution is 5.42. The highest BCUT2D eigenvalue weighted by Gasteiger charge is 2.10. The Hall–Kier alpha value is -2.04. The standard InChI is InChI=1S/C14H20N4O/c1-5-18-11(3)12(10(2)16-18)9-15-13-7-6-8-17(4)14(13)19/h6-8,15H,5,9H2,1-4H3. The van der Waals surface area contributed by atoms with E-state index in [0.717, 1.165) is 23.5 Å². The molecule has 5 nitrogen and oxygen atoms in total. The lowest BCUT2D eigenvalue weighted by molar-refractivity contribution is 0.633.